The predicted molar refractivity (Wildman–Crippen MR) is 71.4 cm³/mol. The van der Waals surface area contributed by atoms with Crippen LogP contribution in [0.15, 0.2) is 0 Å². The second kappa shape index (κ2) is 6.95. The highest BCUT2D eigenvalue weighted by Gasteiger charge is 2.28. The van der Waals surface area contributed by atoms with Crippen LogP contribution in [0.2, 0.25) is 0 Å². The summed E-state index contributed by atoms with van der Waals surface area (Å²) in [6.07, 6.45) is 4.93. The minimum atomic E-state index is -0.0578. The van der Waals surface area contributed by atoms with Gasteiger partial charge in [-0.3, -0.25) is 9.59 Å². The topological polar surface area (TPSA) is 75.4 Å². The van der Waals surface area contributed by atoms with Crippen molar-refractivity contribution < 1.29 is 9.59 Å². The first-order chi connectivity index (χ1) is 8.16. The minimum absolute atomic E-state index is 0. The van der Waals surface area contributed by atoms with Crippen LogP contribution in [0.5, 0.6) is 0 Å². The van der Waals surface area contributed by atoms with Gasteiger partial charge in [0, 0.05) is 25.6 Å². The molecule has 2 rings (SSSR count). The Morgan fingerprint density at radius 2 is 2.11 bits per heavy atom. The smallest absolute Gasteiger partial charge is 0.239 e. The number of halogens is 1. The van der Waals surface area contributed by atoms with Gasteiger partial charge in [0.2, 0.25) is 11.8 Å². The summed E-state index contributed by atoms with van der Waals surface area (Å²) in [6, 6.07) is 0.159. The molecule has 1 aliphatic carbocycles. The van der Waals surface area contributed by atoms with Gasteiger partial charge in [0.25, 0.3) is 0 Å². The summed E-state index contributed by atoms with van der Waals surface area (Å²) in [5.74, 6) is 0.334. The number of nitrogens with two attached hydrogens (primary N) is 1. The third kappa shape index (κ3) is 3.85. The van der Waals surface area contributed by atoms with E-state index in [0.717, 1.165) is 12.8 Å². The van der Waals surface area contributed by atoms with Gasteiger partial charge in [-0.2, -0.15) is 0 Å². The SMILES string of the molecule is Cl.NC1CCCCC1CC(=O)N1CCNC(=O)C1. The molecule has 6 heteroatoms. The van der Waals surface area contributed by atoms with Gasteiger partial charge < -0.3 is 16.0 Å². The number of nitrogens with zero attached hydrogens (tertiary/aromatic N) is 1. The number of carbonyl (C=O) groups excluding carboxylic acids is 2. The number of nitrogens with one attached hydrogen (secondary N) is 1. The molecular formula is C12H22ClN3O2. The molecule has 2 amide bonds. The highest BCUT2D eigenvalue weighted by molar-refractivity contribution is 5.86. The van der Waals surface area contributed by atoms with Crippen LogP contribution in [0, 0.1) is 5.92 Å². The fourth-order valence-corrected chi connectivity index (χ4v) is 2.69. The van der Waals surface area contributed by atoms with Crippen LogP contribution >= 0.6 is 12.4 Å². The lowest BCUT2D eigenvalue weighted by atomic mass is 9.82. The van der Waals surface area contributed by atoms with Crippen LogP contribution < -0.4 is 11.1 Å². The third-order valence-corrected chi connectivity index (χ3v) is 3.80. The lowest BCUT2D eigenvalue weighted by molar-refractivity contribution is -0.139. The lowest BCUT2D eigenvalue weighted by Crippen LogP contribution is -2.50. The van der Waals surface area contributed by atoms with E-state index in [2.05, 4.69) is 5.32 Å². The minimum Gasteiger partial charge on any atom is -0.353 e. The molecule has 0 bridgehead atoms. The molecule has 0 radical (unpaired) electrons. The first-order valence-electron chi connectivity index (χ1n) is 6.47. The van der Waals surface area contributed by atoms with Crippen molar-refractivity contribution in [2.24, 2.45) is 11.7 Å². The van der Waals surface area contributed by atoms with Crippen molar-refractivity contribution in [1.82, 2.24) is 10.2 Å². The quantitative estimate of drug-likeness (QED) is 0.760. The van der Waals surface area contributed by atoms with Crippen LogP contribution in [0.4, 0.5) is 0 Å². The van der Waals surface area contributed by atoms with Crippen molar-refractivity contribution in [3.63, 3.8) is 0 Å². The summed E-state index contributed by atoms with van der Waals surface area (Å²) in [5, 5.41) is 2.72. The standard InChI is InChI=1S/C12H21N3O2.ClH/c13-10-4-2-1-3-9(10)7-12(17)15-6-5-14-11(16)8-15;/h9-10H,1-8,13H2,(H,14,16);1H. The molecule has 0 aromatic heterocycles. The Labute approximate surface area is 114 Å². The fourth-order valence-electron chi connectivity index (χ4n) is 2.69. The maximum atomic E-state index is 12.0. The van der Waals surface area contributed by atoms with E-state index in [1.54, 1.807) is 4.90 Å². The fraction of sp³-hybridized carbons (Fsp3) is 0.833. The summed E-state index contributed by atoms with van der Waals surface area (Å²) in [4.78, 5) is 24.9. The van der Waals surface area contributed by atoms with Crippen molar-refractivity contribution in [2.45, 2.75) is 38.1 Å². The molecule has 0 aromatic carbocycles. The summed E-state index contributed by atoms with van der Waals surface area (Å²) < 4.78 is 0. The number of piperazine rings is 1. The number of hydrogen-bond acceptors (Lipinski definition) is 3. The van der Waals surface area contributed by atoms with Crippen molar-refractivity contribution >= 4 is 24.2 Å². The molecule has 0 spiro atoms. The monoisotopic (exact) mass is 275 g/mol. The molecule has 1 aliphatic heterocycles. The second-order valence-electron chi connectivity index (χ2n) is 5.08. The van der Waals surface area contributed by atoms with Crippen molar-refractivity contribution in [2.75, 3.05) is 19.6 Å². The summed E-state index contributed by atoms with van der Waals surface area (Å²) in [7, 11) is 0. The molecule has 104 valence electrons. The van der Waals surface area contributed by atoms with E-state index in [9.17, 15) is 9.59 Å². The van der Waals surface area contributed by atoms with Gasteiger partial charge in [-0.05, 0) is 18.8 Å². The lowest BCUT2D eigenvalue weighted by Gasteiger charge is -2.32. The molecular weight excluding hydrogens is 254 g/mol. The van der Waals surface area contributed by atoms with Crippen LogP contribution in [-0.4, -0.2) is 42.4 Å². The van der Waals surface area contributed by atoms with E-state index in [1.807, 2.05) is 0 Å². The Morgan fingerprint density at radius 3 is 2.78 bits per heavy atom. The van der Waals surface area contributed by atoms with Crippen LogP contribution in [0.1, 0.15) is 32.1 Å². The van der Waals surface area contributed by atoms with E-state index < -0.39 is 0 Å². The number of carbonyl (C=O) groups is 2. The van der Waals surface area contributed by atoms with Crippen LogP contribution in [0.3, 0.4) is 0 Å². The molecule has 2 unspecified atom stereocenters. The Balaban J connectivity index is 0.00000162. The first kappa shape index (κ1) is 15.2. The maximum Gasteiger partial charge on any atom is 0.239 e. The predicted octanol–water partition coefficient (Wildman–Crippen LogP) is 0.274. The number of hydrogen-bond donors (Lipinski definition) is 2. The van der Waals surface area contributed by atoms with Crippen LogP contribution in [-0.2, 0) is 9.59 Å². The number of amides is 2. The Kier molecular flexibility index (Phi) is 5.88. The Morgan fingerprint density at radius 1 is 1.39 bits per heavy atom. The largest absolute Gasteiger partial charge is 0.353 e. The molecule has 1 saturated carbocycles. The van der Waals surface area contributed by atoms with E-state index in [0.29, 0.717) is 25.4 Å². The molecule has 1 saturated heterocycles. The number of rotatable bonds is 2. The molecule has 2 atom stereocenters. The zero-order chi connectivity index (χ0) is 12.3. The molecule has 2 fully saturated rings. The van der Waals surface area contributed by atoms with Crippen molar-refractivity contribution in [1.29, 1.82) is 0 Å². The Hall–Kier alpha value is -0.810. The highest BCUT2D eigenvalue weighted by atomic mass is 35.5. The van der Waals surface area contributed by atoms with Gasteiger partial charge in [0.1, 0.15) is 0 Å². The van der Waals surface area contributed by atoms with Gasteiger partial charge in [-0.25, -0.2) is 0 Å². The second-order valence-corrected chi connectivity index (χ2v) is 5.08. The molecule has 2 aliphatic rings. The van der Waals surface area contributed by atoms with E-state index >= 15 is 0 Å². The summed E-state index contributed by atoms with van der Waals surface area (Å²) in [6.45, 7) is 1.41. The average Bonchev–Trinajstić information content (AvgIpc) is 2.32. The molecule has 5 nitrogen and oxygen atoms in total. The van der Waals surface area contributed by atoms with Gasteiger partial charge in [-0.1, -0.05) is 12.8 Å². The highest BCUT2D eigenvalue weighted by Crippen LogP contribution is 2.26. The van der Waals surface area contributed by atoms with E-state index in [1.165, 1.54) is 12.8 Å². The van der Waals surface area contributed by atoms with Gasteiger partial charge in [0.05, 0.1) is 6.54 Å². The van der Waals surface area contributed by atoms with Gasteiger partial charge in [-0.15, -0.1) is 12.4 Å². The summed E-state index contributed by atoms with van der Waals surface area (Å²) in [5.41, 5.74) is 6.03. The normalized spacial score (nSPS) is 28.3. The summed E-state index contributed by atoms with van der Waals surface area (Å²) >= 11 is 0. The molecule has 3 N–H and O–H groups in total. The van der Waals surface area contributed by atoms with Gasteiger partial charge in [0.15, 0.2) is 0 Å². The van der Waals surface area contributed by atoms with E-state index in [4.69, 9.17) is 5.73 Å². The molecule has 1 heterocycles. The first-order valence-corrected chi connectivity index (χ1v) is 6.47. The third-order valence-electron chi connectivity index (χ3n) is 3.80. The average molecular weight is 276 g/mol. The van der Waals surface area contributed by atoms with Crippen LogP contribution in [0.25, 0.3) is 0 Å². The zero-order valence-electron chi connectivity index (χ0n) is 10.6. The Bertz CT molecular complexity index is 312. The van der Waals surface area contributed by atoms with Gasteiger partial charge >= 0.3 is 0 Å². The maximum absolute atomic E-state index is 12.0. The van der Waals surface area contributed by atoms with Crippen molar-refractivity contribution in [3.8, 4) is 0 Å². The molecule has 18 heavy (non-hydrogen) atoms. The molecule has 0 aromatic rings. The zero-order valence-corrected chi connectivity index (χ0v) is 11.4. The van der Waals surface area contributed by atoms with E-state index in [-0.39, 0.29) is 36.8 Å². The van der Waals surface area contributed by atoms with Crippen molar-refractivity contribution in [3.05, 3.63) is 0 Å².